The molecule has 0 saturated carbocycles. The van der Waals surface area contributed by atoms with Crippen LogP contribution in [0.15, 0.2) is 18.2 Å². The molecule has 0 unspecified atom stereocenters. The zero-order valence-electron chi connectivity index (χ0n) is 22.9. The summed E-state index contributed by atoms with van der Waals surface area (Å²) in [5.74, 6) is -17.9. The standard InChI is InChI=1S/C27H24O19/c28-5-12-20-19(36)22(27(42-12)46-24(39)6-1-9(29)16(33)10(30)2-6)45-25(40)8-3-11(31)17(34)18(35)14(8)15-7(23(37)38)4-13(32)43-21(15)26(41)44-20/h1-3,7,12,15,19-22,27-31,33-36H,4-5H2,(H,37,38)/t7-,12-,15-,19+,20-,21-,22-,27+/m1/s1. The van der Waals surface area contributed by atoms with E-state index in [2.05, 4.69) is 0 Å². The van der Waals surface area contributed by atoms with Crippen LogP contribution in [0.2, 0.25) is 0 Å². The number of aromatic hydroxyl groups is 6. The maximum atomic E-state index is 13.6. The summed E-state index contributed by atoms with van der Waals surface area (Å²) >= 11 is 0. The van der Waals surface area contributed by atoms with Gasteiger partial charge in [-0.3, -0.25) is 9.59 Å². The van der Waals surface area contributed by atoms with Crippen LogP contribution < -0.4 is 0 Å². The summed E-state index contributed by atoms with van der Waals surface area (Å²) < 4.78 is 26.3. The summed E-state index contributed by atoms with van der Waals surface area (Å²) in [4.78, 5) is 64.6. The Bertz CT molecular complexity index is 1610. The third-order valence-electron chi connectivity index (χ3n) is 7.62. The van der Waals surface area contributed by atoms with Crippen LogP contribution in [0.25, 0.3) is 0 Å². The molecule has 0 aromatic heterocycles. The number of rotatable bonds is 4. The third kappa shape index (κ3) is 5.35. The van der Waals surface area contributed by atoms with Crippen molar-refractivity contribution in [3.63, 3.8) is 0 Å². The Balaban J connectivity index is 1.64. The number of carbonyl (C=O) groups excluding carboxylic acids is 4. The van der Waals surface area contributed by atoms with Crippen LogP contribution in [-0.4, -0.2) is 119 Å². The SMILES string of the molecule is O=C1C[C@@H](C(=O)O)[C@@H]2c3c(cc(O)c(O)c3O)C(=O)O[C@H]3[C@H](OC(=O)c4cc(O)c(O)c(O)c4)O[C@H](CO)[C@@H](OC(=O)[C@@H]2O1)[C@@H]3O. The highest BCUT2D eigenvalue weighted by molar-refractivity contribution is 5.96. The Morgan fingerprint density at radius 2 is 1.48 bits per heavy atom. The van der Waals surface area contributed by atoms with Gasteiger partial charge in [-0.15, -0.1) is 0 Å². The van der Waals surface area contributed by atoms with E-state index in [-0.39, 0.29) is 0 Å². The average Bonchev–Trinajstić information content (AvgIpc) is 3.01. The Labute approximate surface area is 254 Å². The maximum absolute atomic E-state index is 13.6. The molecule has 3 heterocycles. The van der Waals surface area contributed by atoms with Gasteiger partial charge in [-0.1, -0.05) is 0 Å². The fourth-order valence-corrected chi connectivity index (χ4v) is 5.43. The molecule has 8 atom stereocenters. The minimum Gasteiger partial charge on any atom is -0.504 e. The van der Waals surface area contributed by atoms with Crippen molar-refractivity contribution < 1.29 is 93.6 Å². The predicted molar refractivity (Wildman–Crippen MR) is 137 cm³/mol. The van der Waals surface area contributed by atoms with Crippen LogP contribution in [-0.2, 0) is 38.1 Å². The molecule has 0 spiro atoms. The zero-order chi connectivity index (χ0) is 33.8. The van der Waals surface area contributed by atoms with E-state index in [0.717, 1.165) is 0 Å². The number of aliphatic carboxylic acids is 1. The second kappa shape index (κ2) is 11.8. The first-order valence-corrected chi connectivity index (χ1v) is 13.2. The lowest BCUT2D eigenvalue weighted by Gasteiger charge is -2.42. The number of hydrogen-bond donors (Lipinski definition) is 9. The first-order chi connectivity index (χ1) is 21.6. The molecule has 0 radical (unpaired) electrons. The lowest BCUT2D eigenvalue weighted by Crippen LogP contribution is -2.62. The van der Waals surface area contributed by atoms with Crippen LogP contribution >= 0.6 is 0 Å². The van der Waals surface area contributed by atoms with E-state index in [1.165, 1.54) is 0 Å². The van der Waals surface area contributed by atoms with E-state index >= 15 is 0 Å². The molecule has 246 valence electrons. The van der Waals surface area contributed by atoms with Crippen molar-refractivity contribution in [2.24, 2.45) is 5.92 Å². The molecule has 46 heavy (non-hydrogen) atoms. The van der Waals surface area contributed by atoms with Gasteiger partial charge in [0.05, 0.1) is 36.0 Å². The number of benzene rings is 2. The summed E-state index contributed by atoms with van der Waals surface area (Å²) in [5, 5.41) is 91.5. The lowest BCUT2D eigenvalue weighted by molar-refractivity contribution is -0.289. The minimum absolute atomic E-state index is 0.523. The number of carboxylic acid groups (broad SMARTS) is 1. The monoisotopic (exact) mass is 652 g/mol. The zero-order valence-corrected chi connectivity index (χ0v) is 22.9. The number of hydrogen-bond acceptors (Lipinski definition) is 18. The van der Waals surface area contributed by atoms with Crippen LogP contribution in [0, 0.1) is 5.92 Å². The van der Waals surface area contributed by atoms with E-state index in [0.29, 0.717) is 18.2 Å². The summed E-state index contributed by atoms with van der Waals surface area (Å²) in [5.41, 5.74) is -2.33. The fourth-order valence-electron chi connectivity index (χ4n) is 5.43. The molecule has 2 saturated heterocycles. The smallest absolute Gasteiger partial charge is 0.348 e. The van der Waals surface area contributed by atoms with Crippen molar-refractivity contribution in [1.82, 2.24) is 0 Å². The number of phenols is 6. The fraction of sp³-hybridized carbons (Fsp3) is 0.370. The molecule has 2 aromatic carbocycles. The molecule has 0 amide bonds. The van der Waals surface area contributed by atoms with Gasteiger partial charge in [0.1, 0.15) is 12.2 Å². The van der Waals surface area contributed by atoms with Crippen molar-refractivity contribution in [3.05, 3.63) is 34.9 Å². The first kappa shape index (κ1) is 31.9. The first-order valence-electron chi connectivity index (χ1n) is 13.2. The summed E-state index contributed by atoms with van der Waals surface area (Å²) in [6.45, 7) is -1.06. The van der Waals surface area contributed by atoms with Crippen LogP contribution in [0.4, 0.5) is 0 Å². The van der Waals surface area contributed by atoms with Crippen molar-refractivity contribution in [1.29, 1.82) is 0 Å². The molecule has 2 aromatic rings. The van der Waals surface area contributed by atoms with E-state index in [1.807, 2.05) is 0 Å². The molecular formula is C27H24O19. The molecular weight excluding hydrogens is 628 g/mol. The van der Waals surface area contributed by atoms with Gasteiger partial charge in [-0.05, 0) is 18.2 Å². The Morgan fingerprint density at radius 1 is 0.848 bits per heavy atom. The number of aliphatic hydroxyl groups excluding tert-OH is 2. The van der Waals surface area contributed by atoms with E-state index in [1.54, 1.807) is 0 Å². The van der Waals surface area contributed by atoms with Crippen molar-refractivity contribution >= 4 is 29.8 Å². The van der Waals surface area contributed by atoms with Crippen molar-refractivity contribution in [3.8, 4) is 34.5 Å². The van der Waals surface area contributed by atoms with Gasteiger partial charge in [-0.25, -0.2) is 14.4 Å². The van der Waals surface area contributed by atoms with E-state index in [4.69, 9.17) is 23.7 Å². The van der Waals surface area contributed by atoms with Gasteiger partial charge in [-0.2, -0.15) is 0 Å². The van der Waals surface area contributed by atoms with Gasteiger partial charge in [0.2, 0.25) is 18.1 Å². The predicted octanol–water partition coefficient (Wildman–Crippen LogP) is -1.59. The topological polar surface area (TPSA) is 314 Å². The molecule has 2 fully saturated rings. The minimum atomic E-state index is -2.25. The van der Waals surface area contributed by atoms with Crippen molar-refractivity contribution in [2.45, 2.75) is 49.1 Å². The Hall–Kier alpha value is -5.53. The molecule has 3 aliphatic rings. The van der Waals surface area contributed by atoms with E-state index < -0.39 is 143 Å². The molecule has 0 aliphatic carbocycles. The molecule has 19 nitrogen and oxygen atoms in total. The third-order valence-corrected chi connectivity index (χ3v) is 7.62. The highest BCUT2D eigenvalue weighted by Gasteiger charge is 2.56. The summed E-state index contributed by atoms with van der Waals surface area (Å²) in [7, 11) is 0. The number of esters is 4. The normalized spacial score (nSPS) is 29.1. The van der Waals surface area contributed by atoms with Gasteiger partial charge < -0.3 is 69.6 Å². The van der Waals surface area contributed by atoms with Gasteiger partial charge in [0.15, 0.2) is 41.0 Å². The highest BCUT2D eigenvalue weighted by atomic mass is 16.7. The molecule has 9 N–H and O–H groups in total. The van der Waals surface area contributed by atoms with Gasteiger partial charge in [0, 0.05) is 5.56 Å². The quantitative estimate of drug-likeness (QED) is 0.102. The Kier molecular flexibility index (Phi) is 8.15. The lowest BCUT2D eigenvalue weighted by atomic mass is 9.76. The van der Waals surface area contributed by atoms with E-state index in [9.17, 15) is 69.9 Å². The molecule has 5 rings (SSSR count). The summed E-state index contributed by atoms with van der Waals surface area (Å²) in [6, 6.07) is 1.87. The van der Waals surface area contributed by atoms with Crippen LogP contribution in [0.1, 0.15) is 38.6 Å². The number of phenolic OH excluding ortho intramolecular Hbond substituents is 6. The second-order valence-electron chi connectivity index (χ2n) is 10.4. The van der Waals surface area contributed by atoms with Crippen molar-refractivity contribution in [2.75, 3.05) is 6.61 Å². The second-order valence-corrected chi connectivity index (χ2v) is 10.4. The number of carbonyl (C=O) groups is 5. The molecule has 3 aliphatic heterocycles. The molecule has 2 bridgehead atoms. The van der Waals surface area contributed by atoms with Gasteiger partial charge >= 0.3 is 29.8 Å². The number of ether oxygens (including phenoxy) is 5. The number of carboxylic acids is 1. The average molecular weight is 652 g/mol. The molecule has 19 heteroatoms. The summed E-state index contributed by atoms with van der Waals surface area (Å²) in [6.07, 6.45) is -13.4. The number of fused-ring (bicyclic) bond motifs is 5. The number of aliphatic hydroxyl groups is 2. The van der Waals surface area contributed by atoms with Gasteiger partial charge in [0.25, 0.3) is 0 Å². The largest absolute Gasteiger partial charge is 0.504 e. The van der Waals surface area contributed by atoms with Crippen LogP contribution in [0.5, 0.6) is 34.5 Å². The maximum Gasteiger partial charge on any atom is 0.348 e. The van der Waals surface area contributed by atoms with Crippen LogP contribution in [0.3, 0.4) is 0 Å². The highest BCUT2D eigenvalue weighted by Crippen LogP contribution is 2.49. The Morgan fingerprint density at radius 3 is 2.09 bits per heavy atom.